The van der Waals surface area contributed by atoms with E-state index in [4.69, 9.17) is 28.6 Å². The first-order valence-electron chi connectivity index (χ1n) is 7.06. The second-order valence-corrected chi connectivity index (χ2v) is 7.04. The van der Waals surface area contributed by atoms with Crippen molar-refractivity contribution in [3.63, 3.8) is 0 Å². The van der Waals surface area contributed by atoms with Gasteiger partial charge in [-0.2, -0.15) is 5.11 Å². The SMILES string of the molecule is N=C(N=NC1CCSc2ccc(Cl)cc21)Nc1cccc(Cl)c1. The van der Waals surface area contributed by atoms with Crippen LogP contribution in [0.25, 0.3) is 0 Å². The molecule has 2 aromatic rings. The van der Waals surface area contributed by atoms with Gasteiger partial charge in [0.05, 0.1) is 6.04 Å². The van der Waals surface area contributed by atoms with Crippen molar-refractivity contribution in [1.29, 1.82) is 5.41 Å². The zero-order valence-electron chi connectivity index (χ0n) is 12.1. The van der Waals surface area contributed by atoms with E-state index in [1.165, 1.54) is 4.90 Å². The van der Waals surface area contributed by atoms with Crippen molar-refractivity contribution in [3.8, 4) is 0 Å². The van der Waals surface area contributed by atoms with E-state index in [0.717, 1.165) is 17.7 Å². The van der Waals surface area contributed by atoms with Gasteiger partial charge in [0.2, 0.25) is 5.96 Å². The normalized spacial score (nSPS) is 17.0. The van der Waals surface area contributed by atoms with Crippen LogP contribution in [0.2, 0.25) is 10.0 Å². The Bertz CT molecular complexity index is 763. The van der Waals surface area contributed by atoms with E-state index in [1.807, 2.05) is 30.3 Å². The molecule has 0 bridgehead atoms. The smallest absolute Gasteiger partial charge is 0.239 e. The monoisotopic (exact) mass is 364 g/mol. The van der Waals surface area contributed by atoms with Crippen LogP contribution in [0, 0.1) is 5.41 Å². The van der Waals surface area contributed by atoms with Crippen LogP contribution in [0.3, 0.4) is 0 Å². The average Bonchev–Trinajstić information content (AvgIpc) is 2.53. The maximum Gasteiger partial charge on any atom is 0.239 e. The lowest BCUT2D eigenvalue weighted by Gasteiger charge is -2.21. The third-order valence-electron chi connectivity index (χ3n) is 3.36. The molecule has 0 amide bonds. The van der Waals surface area contributed by atoms with Gasteiger partial charge < -0.3 is 5.32 Å². The second kappa shape index (κ2) is 7.34. The third kappa shape index (κ3) is 4.25. The molecule has 1 aliphatic heterocycles. The number of hydrogen-bond donors (Lipinski definition) is 2. The Hall–Kier alpha value is -1.56. The van der Waals surface area contributed by atoms with Crippen molar-refractivity contribution in [1.82, 2.24) is 0 Å². The minimum absolute atomic E-state index is 0.0194. The van der Waals surface area contributed by atoms with E-state index >= 15 is 0 Å². The summed E-state index contributed by atoms with van der Waals surface area (Å²) in [5, 5.41) is 20.4. The molecule has 3 rings (SSSR count). The molecule has 0 spiro atoms. The van der Waals surface area contributed by atoms with E-state index in [2.05, 4.69) is 15.5 Å². The standard InChI is InChI=1S/C16H14Cl2N4S/c17-10-2-1-3-12(8-10)20-16(19)22-21-14-6-7-23-15-5-4-11(18)9-13(14)15/h1-5,8-9,14H,6-7H2,(H2,19,20). The molecule has 118 valence electrons. The van der Waals surface area contributed by atoms with Gasteiger partial charge in [-0.3, -0.25) is 5.41 Å². The van der Waals surface area contributed by atoms with Crippen molar-refractivity contribution in [2.75, 3.05) is 11.1 Å². The zero-order valence-corrected chi connectivity index (χ0v) is 14.4. The summed E-state index contributed by atoms with van der Waals surface area (Å²) >= 11 is 13.8. The fourth-order valence-corrected chi connectivity index (χ4v) is 3.78. The summed E-state index contributed by atoms with van der Waals surface area (Å²) < 4.78 is 0. The summed E-state index contributed by atoms with van der Waals surface area (Å²) in [5.74, 6) is 0.960. The van der Waals surface area contributed by atoms with Crippen molar-refractivity contribution in [2.24, 2.45) is 10.2 Å². The van der Waals surface area contributed by atoms with E-state index in [9.17, 15) is 0 Å². The lowest BCUT2D eigenvalue weighted by Crippen LogP contribution is -2.09. The quantitative estimate of drug-likeness (QED) is 0.388. The Balaban J connectivity index is 1.71. The molecule has 1 atom stereocenters. The van der Waals surface area contributed by atoms with Crippen LogP contribution in [-0.2, 0) is 0 Å². The summed E-state index contributed by atoms with van der Waals surface area (Å²) in [7, 11) is 0. The number of thioether (sulfide) groups is 1. The average molecular weight is 365 g/mol. The molecule has 0 saturated heterocycles. The molecular weight excluding hydrogens is 351 g/mol. The molecule has 23 heavy (non-hydrogen) atoms. The second-order valence-electron chi connectivity index (χ2n) is 5.03. The number of benzene rings is 2. The van der Waals surface area contributed by atoms with E-state index < -0.39 is 0 Å². The fourth-order valence-electron chi connectivity index (χ4n) is 2.32. The molecule has 1 unspecified atom stereocenters. The minimum atomic E-state index is -0.0635. The highest BCUT2D eigenvalue weighted by Gasteiger charge is 2.20. The van der Waals surface area contributed by atoms with Crippen LogP contribution >= 0.6 is 35.0 Å². The van der Waals surface area contributed by atoms with Crippen LogP contribution in [0.5, 0.6) is 0 Å². The number of halogens is 2. The highest BCUT2D eigenvalue weighted by atomic mass is 35.5. The molecule has 1 heterocycles. The number of guanidine groups is 1. The van der Waals surface area contributed by atoms with Crippen molar-refractivity contribution < 1.29 is 0 Å². The molecule has 0 aromatic heterocycles. The van der Waals surface area contributed by atoms with Crippen LogP contribution in [0.4, 0.5) is 5.69 Å². The maximum absolute atomic E-state index is 7.90. The Labute approximate surface area is 148 Å². The van der Waals surface area contributed by atoms with Crippen molar-refractivity contribution >= 4 is 46.6 Å². The lowest BCUT2D eigenvalue weighted by molar-refractivity contribution is 0.651. The summed E-state index contributed by atoms with van der Waals surface area (Å²) in [6.45, 7) is 0. The molecule has 0 aliphatic carbocycles. The number of fused-ring (bicyclic) bond motifs is 1. The number of hydrogen-bond acceptors (Lipinski definition) is 3. The summed E-state index contributed by atoms with van der Waals surface area (Å²) in [6, 6.07) is 12.9. The largest absolute Gasteiger partial charge is 0.323 e. The molecule has 0 fully saturated rings. The van der Waals surface area contributed by atoms with Gasteiger partial charge in [-0.05, 0) is 48.4 Å². The number of rotatable bonds is 2. The highest BCUT2D eigenvalue weighted by Crippen LogP contribution is 2.39. The molecule has 2 aromatic carbocycles. The highest BCUT2D eigenvalue weighted by molar-refractivity contribution is 7.99. The molecule has 4 nitrogen and oxygen atoms in total. The van der Waals surface area contributed by atoms with Crippen LogP contribution in [-0.4, -0.2) is 11.7 Å². The predicted octanol–water partition coefficient (Wildman–Crippen LogP) is 6.03. The number of anilines is 1. The van der Waals surface area contributed by atoms with Gasteiger partial charge in [0, 0.05) is 26.4 Å². The first kappa shape index (κ1) is 16.3. The van der Waals surface area contributed by atoms with Crippen molar-refractivity contribution in [2.45, 2.75) is 17.4 Å². The van der Waals surface area contributed by atoms with Gasteiger partial charge in [-0.25, -0.2) is 0 Å². The number of nitrogens with zero attached hydrogens (tertiary/aromatic N) is 2. The molecule has 0 saturated carbocycles. The molecule has 2 N–H and O–H groups in total. The van der Waals surface area contributed by atoms with Crippen LogP contribution in [0.1, 0.15) is 18.0 Å². The minimum Gasteiger partial charge on any atom is -0.323 e. The summed E-state index contributed by atoms with van der Waals surface area (Å²) in [6.07, 6.45) is 0.881. The first-order valence-corrected chi connectivity index (χ1v) is 8.80. The van der Waals surface area contributed by atoms with Gasteiger partial charge in [-0.1, -0.05) is 29.3 Å². The Morgan fingerprint density at radius 3 is 2.83 bits per heavy atom. The van der Waals surface area contributed by atoms with Gasteiger partial charge in [0.15, 0.2) is 0 Å². The van der Waals surface area contributed by atoms with E-state index in [1.54, 1.807) is 23.9 Å². The van der Waals surface area contributed by atoms with Crippen molar-refractivity contribution in [3.05, 3.63) is 58.1 Å². The topological polar surface area (TPSA) is 60.6 Å². The third-order valence-corrected chi connectivity index (χ3v) is 4.96. The maximum atomic E-state index is 7.90. The van der Waals surface area contributed by atoms with Gasteiger partial charge in [0.1, 0.15) is 0 Å². The van der Waals surface area contributed by atoms with E-state index in [0.29, 0.717) is 15.7 Å². The first-order chi connectivity index (χ1) is 11.1. The molecule has 0 radical (unpaired) electrons. The predicted molar refractivity (Wildman–Crippen MR) is 97.2 cm³/mol. The Morgan fingerprint density at radius 1 is 1.17 bits per heavy atom. The van der Waals surface area contributed by atoms with Gasteiger partial charge in [0.25, 0.3) is 0 Å². The molecule has 7 heteroatoms. The van der Waals surface area contributed by atoms with E-state index in [-0.39, 0.29) is 12.0 Å². The zero-order chi connectivity index (χ0) is 16.2. The summed E-state index contributed by atoms with van der Waals surface area (Å²) in [5.41, 5.74) is 1.79. The Kier molecular flexibility index (Phi) is 5.20. The summed E-state index contributed by atoms with van der Waals surface area (Å²) in [4.78, 5) is 1.18. The molecular formula is C16H14Cl2N4S. The Morgan fingerprint density at radius 2 is 2.00 bits per heavy atom. The van der Waals surface area contributed by atoms with Gasteiger partial charge >= 0.3 is 0 Å². The van der Waals surface area contributed by atoms with Crippen LogP contribution in [0.15, 0.2) is 57.6 Å². The number of azo groups is 1. The van der Waals surface area contributed by atoms with Gasteiger partial charge in [-0.15, -0.1) is 16.9 Å². The lowest BCUT2D eigenvalue weighted by atomic mass is 10.1. The molecule has 1 aliphatic rings. The number of nitrogens with one attached hydrogen (secondary N) is 2. The van der Waals surface area contributed by atoms with Crippen LogP contribution < -0.4 is 5.32 Å². The fraction of sp³-hybridized carbons (Fsp3) is 0.188.